The fourth-order valence-corrected chi connectivity index (χ4v) is 4.12. The normalized spacial score (nSPS) is 13.8. The molecular formula is C21H25N3O4S. The Balaban J connectivity index is 1.78. The largest absolute Gasteiger partial charge is 0.468 e. The molecule has 0 spiro atoms. The van der Waals surface area contributed by atoms with E-state index in [1.54, 1.807) is 16.7 Å². The Morgan fingerprint density at radius 1 is 1.28 bits per heavy atom. The third-order valence-corrected chi connectivity index (χ3v) is 5.83. The SMILES string of the molecule is COC(=O)CNC(=O)CSc1nc2ccccc2c(=O)n1CCC1=CCCCC1. The first-order valence-electron chi connectivity index (χ1n) is 9.72. The second-order valence-corrected chi connectivity index (χ2v) is 7.81. The Morgan fingerprint density at radius 3 is 2.86 bits per heavy atom. The number of methoxy groups -OCH3 is 1. The summed E-state index contributed by atoms with van der Waals surface area (Å²) in [7, 11) is 1.27. The van der Waals surface area contributed by atoms with Gasteiger partial charge in [-0.15, -0.1) is 0 Å². The van der Waals surface area contributed by atoms with Crippen LogP contribution in [0.2, 0.25) is 0 Å². The van der Waals surface area contributed by atoms with Gasteiger partial charge in [0.15, 0.2) is 5.16 Å². The van der Waals surface area contributed by atoms with Crippen LogP contribution in [0.1, 0.15) is 32.1 Å². The number of rotatable bonds is 8. The molecule has 0 fully saturated rings. The molecule has 8 heteroatoms. The maximum absolute atomic E-state index is 13.0. The van der Waals surface area contributed by atoms with Gasteiger partial charge in [-0.3, -0.25) is 19.0 Å². The van der Waals surface area contributed by atoms with E-state index in [-0.39, 0.29) is 23.8 Å². The summed E-state index contributed by atoms with van der Waals surface area (Å²) in [6.07, 6.45) is 7.68. The standard InChI is InChI=1S/C21H25N3O4S/c1-28-19(26)13-22-18(25)14-29-21-23-17-10-6-5-9-16(17)20(27)24(21)12-11-15-7-3-2-4-8-15/h5-7,9-10H,2-4,8,11-14H2,1H3,(H,22,25). The lowest BCUT2D eigenvalue weighted by Gasteiger charge is -2.16. The van der Waals surface area contributed by atoms with Crippen molar-refractivity contribution in [2.24, 2.45) is 0 Å². The Morgan fingerprint density at radius 2 is 2.10 bits per heavy atom. The van der Waals surface area contributed by atoms with E-state index in [1.807, 2.05) is 12.1 Å². The predicted octanol–water partition coefficient (Wildman–Crippen LogP) is 2.67. The molecule has 2 aromatic rings. The molecule has 0 saturated carbocycles. The number of amides is 1. The summed E-state index contributed by atoms with van der Waals surface area (Å²) in [6.45, 7) is 0.358. The van der Waals surface area contributed by atoms with Gasteiger partial charge in [0, 0.05) is 6.54 Å². The number of nitrogens with zero attached hydrogens (tertiary/aromatic N) is 2. The van der Waals surface area contributed by atoms with Crippen LogP contribution in [0.4, 0.5) is 0 Å². The van der Waals surface area contributed by atoms with E-state index in [2.05, 4.69) is 21.1 Å². The molecule has 0 aliphatic heterocycles. The summed E-state index contributed by atoms with van der Waals surface area (Å²) in [6, 6.07) is 7.24. The summed E-state index contributed by atoms with van der Waals surface area (Å²) < 4.78 is 6.18. The van der Waals surface area contributed by atoms with Crippen LogP contribution < -0.4 is 10.9 Å². The monoisotopic (exact) mass is 415 g/mol. The summed E-state index contributed by atoms with van der Waals surface area (Å²) in [5.74, 6) is -0.765. The average Bonchev–Trinajstić information content (AvgIpc) is 2.76. The molecular weight excluding hydrogens is 390 g/mol. The topological polar surface area (TPSA) is 90.3 Å². The minimum Gasteiger partial charge on any atom is -0.468 e. The van der Waals surface area contributed by atoms with Crippen molar-refractivity contribution in [3.8, 4) is 0 Å². The number of carbonyl (C=O) groups excluding carboxylic acids is 2. The van der Waals surface area contributed by atoms with Crippen molar-refractivity contribution in [3.63, 3.8) is 0 Å². The molecule has 3 rings (SSSR count). The van der Waals surface area contributed by atoms with Crippen molar-refractivity contribution >= 4 is 34.5 Å². The quantitative estimate of drug-likeness (QED) is 0.309. The molecule has 1 aromatic carbocycles. The molecule has 0 atom stereocenters. The molecule has 0 saturated heterocycles. The Kier molecular flexibility index (Phi) is 7.46. The Hall–Kier alpha value is -2.61. The van der Waals surface area contributed by atoms with Crippen LogP contribution in [0.15, 0.2) is 45.9 Å². The lowest BCUT2D eigenvalue weighted by Crippen LogP contribution is -2.31. The molecule has 29 heavy (non-hydrogen) atoms. The number of hydrogen-bond acceptors (Lipinski definition) is 6. The summed E-state index contributed by atoms with van der Waals surface area (Å²) in [5, 5.41) is 3.59. The van der Waals surface area contributed by atoms with Gasteiger partial charge in [-0.1, -0.05) is 35.5 Å². The second-order valence-electron chi connectivity index (χ2n) is 6.87. The van der Waals surface area contributed by atoms with Crippen LogP contribution in [-0.4, -0.2) is 40.8 Å². The van der Waals surface area contributed by atoms with Crippen LogP contribution in [0, 0.1) is 0 Å². The van der Waals surface area contributed by atoms with Crippen molar-refractivity contribution in [2.45, 2.75) is 43.8 Å². The zero-order valence-electron chi connectivity index (χ0n) is 16.5. The number of hydrogen-bond donors (Lipinski definition) is 1. The number of carbonyl (C=O) groups is 2. The second kappa shape index (κ2) is 10.2. The zero-order chi connectivity index (χ0) is 20.6. The van der Waals surface area contributed by atoms with E-state index >= 15 is 0 Å². The lowest BCUT2D eigenvalue weighted by atomic mass is 9.97. The van der Waals surface area contributed by atoms with Gasteiger partial charge in [0.25, 0.3) is 5.56 Å². The third-order valence-electron chi connectivity index (χ3n) is 4.86. The average molecular weight is 416 g/mol. The number of benzene rings is 1. The molecule has 1 aliphatic rings. The van der Waals surface area contributed by atoms with Gasteiger partial charge in [0.1, 0.15) is 6.54 Å². The van der Waals surface area contributed by atoms with Gasteiger partial charge in [0.2, 0.25) is 5.91 Å². The third kappa shape index (κ3) is 5.69. The van der Waals surface area contributed by atoms with Crippen LogP contribution in [0.5, 0.6) is 0 Å². The van der Waals surface area contributed by atoms with Crippen molar-refractivity contribution in [3.05, 3.63) is 46.3 Å². The number of para-hydroxylation sites is 1. The van der Waals surface area contributed by atoms with Crippen molar-refractivity contribution in [2.75, 3.05) is 19.4 Å². The first kappa shape index (κ1) is 21.1. The van der Waals surface area contributed by atoms with Gasteiger partial charge in [-0.05, 0) is 44.2 Å². The molecule has 0 radical (unpaired) electrons. The fourth-order valence-electron chi connectivity index (χ4n) is 3.27. The first-order valence-corrected chi connectivity index (χ1v) is 10.7. The fraction of sp³-hybridized carbons (Fsp3) is 0.429. The number of aromatic nitrogens is 2. The number of nitrogens with one attached hydrogen (secondary N) is 1. The molecule has 0 bridgehead atoms. The summed E-state index contributed by atoms with van der Waals surface area (Å²) in [5.41, 5.74) is 1.90. The number of allylic oxidation sites excluding steroid dienone is 2. The highest BCUT2D eigenvalue weighted by atomic mass is 32.2. The molecule has 1 aromatic heterocycles. The van der Waals surface area contributed by atoms with E-state index in [4.69, 9.17) is 0 Å². The molecule has 1 N–H and O–H groups in total. The molecule has 0 unspecified atom stereocenters. The van der Waals surface area contributed by atoms with Gasteiger partial charge >= 0.3 is 5.97 Å². The minimum absolute atomic E-state index is 0.0600. The number of ether oxygens (including phenoxy) is 1. The van der Waals surface area contributed by atoms with E-state index < -0.39 is 5.97 Å². The van der Waals surface area contributed by atoms with Crippen molar-refractivity contribution in [1.82, 2.24) is 14.9 Å². The van der Waals surface area contributed by atoms with E-state index in [1.165, 1.54) is 37.3 Å². The van der Waals surface area contributed by atoms with E-state index in [0.717, 1.165) is 19.3 Å². The van der Waals surface area contributed by atoms with Gasteiger partial charge in [-0.25, -0.2) is 4.98 Å². The Labute approximate surface area is 173 Å². The summed E-state index contributed by atoms with van der Waals surface area (Å²) in [4.78, 5) is 40.9. The van der Waals surface area contributed by atoms with E-state index in [0.29, 0.717) is 22.6 Å². The Bertz CT molecular complexity index is 984. The molecule has 1 heterocycles. The highest BCUT2D eigenvalue weighted by Crippen LogP contribution is 2.22. The molecule has 154 valence electrons. The highest BCUT2D eigenvalue weighted by molar-refractivity contribution is 7.99. The maximum Gasteiger partial charge on any atom is 0.325 e. The maximum atomic E-state index is 13.0. The smallest absolute Gasteiger partial charge is 0.325 e. The number of thioether (sulfide) groups is 1. The van der Waals surface area contributed by atoms with Crippen LogP contribution in [0.3, 0.4) is 0 Å². The van der Waals surface area contributed by atoms with Gasteiger partial charge in [0.05, 0.1) is 23.8 Å². The summed E-state index contributed by atoms with van der Waals surface area (Å²) >= 11 is 1.20. The zero-order valence-corrected chi connectivity index (χ0v) is 17.3. The van der Waals surface area contributed by atoms with Crippen molar-refractivity contribution in [1.29, 1.82) is 0 Å². The molecule has 1 aliphatic carbocycles. The predicted molar refractivity (Wildman–Crippen MR) is 113 cm³/mol. The van der Waals surface area contributed by atoms with Crippen LogP contribution >= 0.6 is 11.8 Å². The van der Waals surface area contributed by atoms with Crippen LogP contribution in [0.25, 0.3) is 10.9 Å². The lowest BCUT2D eigenvalue weighted by molar-refractivity contribution is -0.140. The van der Waals surface area contributed by atoms with Crippen molar-refractivity contribution < 1.29 is 14.3 Å². The first-order chi connectivity index (χ1) is 14.1. The molecule has 7 nitrogen and oxygen atoms in total. The van der Waals surface area contributed by atoms with Gasteiger partial charge < -0.3 is 10.1 Å². The highest BCUT2D eigenvalue weighted by Gasteiger charge is 2.14. The molecule has 1 amide bonds. The number of fused-ring (bicyclic) bond motifs is 1. The van der Waals surface area contributed by atoms with Crippen LogP contribution in [-0.2, 0) is 20.9 Å². The number of esters is 1. The van der Waals surface area contributed by atoms with E-state index in [9.17, 15) is 14.4 Å². The minimum atomic E-state index is -0.509. The van der Waals surface area contributed by atoms with Gasteiger partial charge in [-0.2, -0.15) is 0 Å².